The number of carbonyl (C=O) groups is 1. The number of carbonyl (C=O) groups excluding carboxylic acids is 1. The van der Waals surface area contributed by atoms with Gasteiger partial charge < -0.3 is 24.9 Å². The molecule has 7 heteroatoms. The van der Waals surface area contributed by atoms with Crippen LogP contribution in [0.15, 0.2) is 42.5 Å². The molecule has 1 saturated heterocycles. The molecule has 1 aliphatic rings. The van der Waals surface area contributed by atoms with Crippen LogP contribution in [0.5, 0.6) is 5.75 Å². The Morgan fingerprint density at radius 3 is 2.81 bits per heavy atom. The van der Waals surface area contributed by atoms with E-state index in [-0.39, 0.29) is 17.7 Å². The molecule has 1 fully saturated rings. The first-order valence-corrected chi connectivity index (χ1v) is 10.8. The molecule has 7 nitrogen and oxygen atoms in total. The Labute approximate surface area is 180 Å². The van der Waals surface area contributed by atoms with E-state index >= 15 is 0 Å². The number of phenols is 1. The van der Waals surface area contributed by atoms with Gasteiger partial charge >= 0.3 is 0 Å². The molecule has 2 aromatic heterocycles. The van der Waals surface area contributed by atoms with Crippen molar-refractivity contribution in [3.05, 3.63) is 48.0 Å². The van der Waals surface area contributed by atoms with Crippen LogP contribution in [0.4, 0.5) is 0 Å². The molecule has 3 heterocycles. The number of aromatic hydroxyl groups is 1. The molecule has 3 N–H and O–H groups in total. The minimum atomic E-state index is 0.0161. The molecule has 1 unspecified atom stereocenters. The fraction of sp³-hybridized carbons (Fsp3) is 0.333. The number of aryl methyl sites for hydroxylation is 2. The van der Waals surface area contributed by atoms with Gasteiger partial charge in [-0.05, 0) is 56.2 Å². The number of amides is 1. The van der Waals surface area contributed by atoms with Crippen molar-refractivity contribution >= 4 is 27.8 Å². The summed E-state index contributed by atoms with van der Waals surface area (Å²) >= 11 is 0. The Hall–Kier alpha value is -3.32. The molecule has 0 radical (unpaired) electrons. The van der Waals surface area contributed by atoms with Crippen molar-refractivity contribution in [2.24, 2.45) is 12.8 Å². The zero-order valence-electron chi connectivity index (χ0n) is 17.9. The number of rotatable bonds is 3. The van der Waals surface area contributed by atoms with Gasteiger partial charge in [0.25, 0.3) is 5.91 Å². The average Bonchev–Trinajstić information content (AvgIpc) is 3.29. The molecular weight excluding hydrogens is 390 g/mol. The van der Waals surface area contributed by atoms with Crippen molar-refractivity contribution in [3.8, 4) is 17.3 Å². The average molecular weight is 418 g/mol. The van der Waals surface area contributed by atoms with Gasteiger partial charge in [-0.1, -0.05) is 0 Å². The lowest BCUT2D eigenvalue weighted by Gasteiger charge is -2.30. The van der Waals surface area contributed by atoms with Crippen LogP contribution in [-0.2, 0) is 13.6 Å². The van der Waals surface area contributed by atoms with Crippen molar-refractivity contribution in [2.45, 2.75) is 32.4 Å². The third kappa shape index (κ3) is 3.25. The molecular formula is C24H27N5O2. The number of likely N-dealkylation sites (tertiary alicyclic amines) is 1. The van der Waals surface area contributed by atoms with Gasteiger partial charge in [-0.3, -0.25) is 4.79 Å². The third-order valence-electron chi connectivity index (χ3n) is 6.31. The highest BCUT2D eigenvalue weighted by Gasteiger charge is 2.23. The van der Waals surface area contributed by atoms with E-state index in [4.69, 9.17) is 10.7 Å². The van der Waals surface area contributed by atoms with Gasteiger partial charge in [0.2, 0.25) is 0 Å². The van der Waals surface area contributed by atoms with Crippen LogP contribution in [0.3, 0.4) is 0 Å². The van der Waals surface area contributed by atoms with E-state index in [0.29, 0.717) is 12.1 Å². The maximum atomic E-state index is 13.0. The number of hydrogen-bond donors (Lipinski definition) is 2. The summed E-state index contributed by atoms with van der Waals surface area (Å²) in [5.41, 5.74) is 10.4. The second-order valence-electron chi connectivity index (χ2n) is 8.37. The van der Waals surface area contributed by atoms with Gasteiger partial charge in [0.15, 0.2) is 5.82 Å². The molecule has 31 heavy (non-hydrogen) atoms. The van der Waals surface area contributed by atoms with Gasteiger partial charge in [-0.25, -0.2) is 4.98 Å². The molecule has 0 spiro atoms. The zero-order valence-corrected chi connectivity index (χ0v) is 17.9. The monoisotopic (exact) mass is 417 g/mol. The van der Waals surface area contributed by atoms with E-state index in [1.807, 2.05) is 36.2 Å². The van der Waals surface area contributed by atoms with E-state index in [2.05, 4.69) is 22.1 Å². The molecule has 1 aliphatic heterocycles. The Bertz CT molecular complexity index is 1300. The van der Waals surface area contributed by atoms with Crippen LogP contribution in [0.25, 0.3) is 33.5 Å². The van der Waals surface area contributed by atoms with Crippen molar-refractivity contribution in [3.63, 3.8) is 0 Å². The predicted octanol–water partition coefficient (Wildman–Crippen LogP) is 3.48. The van der Waals surface area contributed by atoms with Gasteiger partial charge in [0.1, 0.15) is 5.75 Å². The lowest BCUT2D eigenvalue weighted by Crippen LogP contribution is -2.45. The Balaban J connectivity index is 1.58. The van der Waals surface area contributed by atoms with E-state index in [1.165, 1.54) is 0 Å². The van der Waals surface area contributed by atoms with Crippen LogP contribution in [-0.4, -0.2) is 49.2 Å². The Kier molecular flexibility index (Phi) is 4.70. The summed E-state index contributed by atoms with van der Waals surface area (Å²) in [7, 11) is 1.99. The second kappa shape index (κ2) is 7.42. The topological polar surface area (TPSA) is 89.3 Å². The number of nitrogens with zero attached hydrogens (tertiary/aromatic N) is 4. The summed E-state index contributed by atoms with van der Waals surface area (Å²) in [5.74, 6) is 1.09. The van der Waals surface area contributed by atoms with Crippen molar-refractivity contribution in [1.29, 1.82) is 0 Å². The Morgan fingerprint density at radius 2 is 2.03 bits per heavy atom. The number of fused-ring (bicyclic) bond motifs is 2. The minimum absolute atomic E-state index is 0.0161. The molecule has 0 aliphatic carbocycles. The number of phenolic OH excluding ortho intramolecular Hbond substituents is 1. The first kappa shape index (κ1) is 19.6. The minimum Gasteiger partial charge on any atom is -0.508 e. The van der Waals surface area contributed by atoms with E-state index < -0.39 is 0 Å². The first-order chi connectivity index (χ1) is 15.0. The summed E-state index contributed by atoms with van der Waals surface area (Å²) in [4.78, 5) is 19.8. The smallest absolute Gasteiger partial charge is 0.253 e. The number of nitrogens with two attached hydrogens (primary N) is 1. The van der Waals surface area contributed by atoms with Crippen molar-refractivity contribution in [2.75, 3.05) is 13.1 Å². The quantitative estimate of drug-likeness (QED) is 0.534. The molecule has 160 valence electrons. The highest BCUT2D eigenvalue weighted by Crippen LogP contribution is 2.32. The molecule has 4 aromatic rings. The maximum absolute atomic E-state index is 13.0. The first-order valence-electron chi connectivity index (χ1n) is 10.8. The highest BCUT2D eigenvalue weighted by atomic mass is 16.3. The van der Waals surface area contributed by atoms with Crippen LogP contribution in [0.1, 0.15) is 30.1 Å². The molecule has 5 rings (SSSR count). The van der Waals surface area contributed by atoms with Crippen LogP contribution in [0, 0.1) is 0 Å². The lowest BCUT2D eigenvalue weighted by molar-refractivity contribution is 0.0709. The third-order valence-corrected chi connectivity index (χ3v) is 6.31. The summed E-state index contributed by atoms with van der Waals surface area (Å²) in [6.07, 6.45) is 1.91. The molecule has 1 amide bonds. The van der Waals surface area contributed by atoms with E-state index in [1.54, 1.807) is 12.1 Å². The van der Waals surface area contributed by atoms with Gasteiger partial charge in [0.05, 0.1) is 22.2 Å². The molecule has 1 atom stereocenters. The van der Waals surface area contributed by atoms with Crippen molar-refractivity contribution < 1.29 is 9.90 Å². The summed E-state index contributed by atoms with van der Waals surface area (Å²) < 4.78 is 4.21. The largest absolute Gasteiger partial charge is 0.508 e. The van der Waals surface area contributed by atoms with Gasteiger partial charge in [-0.2, -0.15) is 0 Å². The Morgan fingerprint density at radius 1 is 1.19 bits per heavy atom. The van der Waals surface area contributed by atoms with Crippen molar-refractivity contribution in [1.82, 2.24) is 19.0 Å². The van der Waals surface area contributed by atoms with Crippen LogP contribution in [0.2, 0.25) is 0 Å². The van der Waals surface area contributed by atoms with E-state index in [9.17, 15) is 9.90 Å². The summed E-state index contributed by atoms with van der Waals surface area (Å²) in [6.45, 7) is 4.19. The summed E-state index contributed by atoms with van der Waals surface area (Å²) in [5, 5.41) is 11.0. The second-order valence-corrected chi connectivity index (χ2v) is 8.37. The van der Waals surface area contributed by atoms with Crippen LogP contribution < -0.4 is 5.73 Å². The maximum Gasteiger partial charge on any atom is 0.253 e. The summed E-state index contributed by atoms with van der Waals surface area (Å²) in [6, 6.07) is 13.3. The fourth-order valence-corrected chi connectivity index (χ4v) is 4.71. The van der Waals surface area contributed by atoms with Gasteiger partial charge in [0, 0.05) is 49.7 Å². The predicted molar refractivity (Wildman–Crippen MR) is 122 cm³/mol. The molecule has 0 saturated carbocycles. The number of piperidine rings is 1. The van der Waals surface area contributed by atoms with E-state index in [0.717, 1.165) is 59.4 Å². The molecule has 0 bridgehead atoms. The lowest BCUT2D eigenvalue weighted by atomic mass is 10.1. The number of hydrogen-bond acceptors (Lipinski definition) is 4. The van der Waals surface area contributed by atoms with Crippen LogP contribution >= 0.6 is 0 Å². The number of benzene rings is 2. The SMILES string of the molecule is CCn1c(-c2nc3cc(C(=O)N4CCCC(N)C4)ccc3n2C)cc2ccc(O)cc21. The number of imidazole rings is 1. The standard InChI is InChI=1S/C24H27N5O2/c1-3-29-21-13-18(30)8-6-15(21)12-22(29)23-26-19-11-16(7-9-20(19)27(23)2)24(31)28-10-4-5-17(25)14-28/h6-9,11-13,17,30H,3-5,10,14,25H2,1-2H3. The number of aromatic nitrogens is 3. The van der Waals surface area contributed by atoms with Gasteiger partial charge in [-0.15, -0.1) is 0 Å². The zero-order chi connectivity index (χ0) is 21.7. The molecule has 2 aromatic carbocycles. The normalized spacial score (nSPS) is 17.0. The highest BCUT2D eigenvalue weighted by molar-refractivity contribution is 5.98. The fourth-order valence-electron chi connectivity index (χ4n) is 4.71.